The van der Waals surface area contributed by atoms with E-state index in [0.29, 0.717) is 6.61 Å². The number of rotatable bonds is 3. The van der Waals surface area contributed by atoms with E-state index >= 15 is 0 Å². The fraction of sp³-hybridized carbons (Fsp3) is 0.588. The van der Waals surface area contributed by atoms with E-state index in [1.807, 2.05) is 44.2 Å². The lowest BCUT2D eigenvalue weighted by Gasteiger charge is -2.37. The van der Waals surface area contributed by atoms with Crippen molar-refractivity contribution in [2.45, 2.75) is 50.3 Å². The maximum absolute atomic E-state index is 11.2. The number of carbonyl (C=O) groups is 1. The van der Waals surface area contributed by atoms with Crippen LogP contribution in [0.1, 0.15) is 19.4 Å². The van der Waals surface area contributed by atoms with Gasteiger partial charge in [-0.15, -0.1) is 0 Å². The average Bonchev–Trinajstić information content (AvgIpc) is 2.98. The predicted molar refractivity (Wildman–Crippen MR) is 80.0 cm³/mol. The summed E-state index contributed by atoms with van der Waals surface area (Å²) in [7, 11) is 0. The van der Waals surface area contributed by atoms with Crippen LogP contribution in [0.5, 0.6) is 0 Å². The van der Waals surface area contributed by atoms with Gasteiger partial charge < -0.3 is 28.4 Å². The van der Waals surface area contributed by atoms with Crippen molar-refractivity contribution < 1.29 is 33.2 Å². The van der Waals surface area contributed by atoms with Crippen LogP contribution in [0.2, 0.25) is 0 Å². The molecule has 3 aliphatic rings. The van der Waals surface area contributed by atoms with Gasteiger partial charge in [0.1, 0.15) is 25.4 Å². The van der Waals surface area contributed by atoms with Crippen molar-refractivity contribution in [3.8, 4) is 0 Å². The first-order chi connectivity index (χ1) is 11.5. The summed E-state index contributed by atoms with van der Waals surface area (Å²) in [5.41, 5.74) is 0.108. The molecule has 0 bridgehead atoms. The summed E-state index contributed by atoms with van der Waals surface area (Å²) in [6.45, 7) is 4.13. The molecule has 3 saturated heterocycles. The molecule has 130 valence electrons. The zero-order valence-corrected chi connectivity index (χ0v) is 13.6. The van der Waals surface area contributed by atoms with E-state index in [9.17, 15) is 4.79 Å². The monoisotopic (exact) mass is 336 g/mol. The smallest absolute Gasteiger partial charge is 0.431 e. The zero-order valence-electron chi connectivity index (χ0n) is 13.6. The first-order valence-electron chi connectivity index (χ1n) is 7.96. The molecule has 0 radical (unpaired) electrons. The second-order valence-corrected chi connectivity index (χ2v) is 6.70. The Hall–Kier alpha value is -1.67. The summed E-state index contributed by atoms with van der Waals surface area (Å²) in [4.78, 5) is 11.2. The van der Waals surface area contributed by atoms with E-state index in [-0.39, 0.29) is 13.2 Å². The van der Waals surface area contributed by atoms with Gasteiger partial charge in [-0.05, 0) is 19.4 Å². The SMILES string of the molecule is CC1(C)OC2OC3(COC(=O)OC3)C(OCc3ccccc3)C2O1. The van der Waals surface area contributed by atoms with Gasteiger partial charge in [0, 0.05) is 0 Å². The van der Waals surface area contributed by atoms with Gasteiger partial charge in [0.05, 0.1) is 6.61 Å². The van der Waals surface area contributed by atoms with E-state index < -0.39 is 36.0 Å². The van der Waals surface area contributed by atoms with Gasteiger partial charge in [0.25, 0.3) is 0 Å². The number of ether oxygens (including phenoxy) is 6. The molecule has 3 aliphatic heterocycles. The molecule has 3 atom stereocenters. The summed E-state index contributed by atoms with van der Waals surface area (Å²) in [5, 5.41) is 0. The Morgan fingerprint density at radius 2 is 1.79 bits per heavy atom. The van der Waals surface area contributed by atoms with Crippen LogP contribution in [-0.2, 0) is 35.0 Å². The third-order valence-corrected chi connectivity index (χ3v) is 4.40. The van der Waals surface area contributed by atoms with Crippen LogP contribution in [0.15, 0.2) is 30.3 Å². The molecule has 4 rings (SSSR count). The fourth-order valence-corrected chi connectivity index (χ4v) is 3.34. The zero-order chi connectivity index (χ0) is 16.8. The number of benzene rings is 1. The lowest BCUT2D eigenvalue weighted by Crippen LogP contribution is -2.56. The fourth-order valence-electron chi connectivity index (χ4n) is 3.34. The summed E-state index contributed by atoms with van der Waals surface area (Å²) < 4.78 is 34.0. The van der Waals surface area contributed by atoms with Crippen molar-refractivity contribution in [3.05, 3.63) is 35.9 Å². The molecule has 24 heavy (non-hydrogen) atoms. The van der Waals surface area contributed by atoms with Gasteiger partial charge in [-0.1, -0.05) is 30.3 Å². The minimum atomic E-state index is -0.922. The Morgan fingerprint density at radius 3 is 2.50 bits per heavy atom. The first-order valence-corrected chi connectivity index (χ1v) is 7.96. The van der Waals surface area contributed by atoms with E-state index in [2.05, 4.69) is 0 Å². The summed E-state index contributed by atoms with van der Waals surface area (Å²) >= 11 is 0. The van der Waals surface area contributed by atoms with E-state index in [1.165, 1.54) is 0 Å². The van der Waals surface area contributed by atoms with Gasteiger partial charge in [0.15, 0.2) is 17.7 Å². The highest BCUT2D eigenvalue weighted by molar-refractivity contribution is 5.61. The van der Waals surface area contributed by atoms with Crippen molar-refractivity contribution >= 4 is 6.16 Å². The second-order valence-electron chi connectivity index (χ2n) is 6.70. The molecule has 3 fully saturated rings. The Balaban J connectivity index is 1.54. The van der Waals surface area contributed by atoms with Crippen molar-refractivity contribution in [1.29, 1.82) is 0 Å². The van der Waals surface area contributed by atoms with Crippen molar-refractivity contribution in [2.24, 2.45) is 0 Å². The number of hydrogen-bond acceptors (Lipinski definition) is 7. The molecule has 0 N–H and O–H groups in total. The molecule has 3 unspecified atom stereocenters. The second kappa shape index (κ2) is 5.70. The number of fused-ring (bicyclic) bond motifs is 1. The summed E-state index contributed by atoms with van der Waals surface area (Å²) in [6.07, 6.45) is -2.17. The predicted octanol–water partition coefficient (Wildman–Crippen LogP) is 1.99. The molecular weight excluding hydrogens is 316 g/mol. The van der Waals surface area contributed by atoms with Crippen LogP contribution < -0.4 is 0 Å². The summed E-state index contributed by atoms with van der Waals surface area (Å²) in [6, 6.07) is 9.81. The molecule has 1 aromatic rings. The summed E-state index contributed by atoms with van der Waals surface area (Å²) in [5.74, 6) is -0.752. The third-order valence-electron chi connectivity index (χ3n) is 4.40. The molecule has 1 aromatic carbocycles. The van der Waals surface area contributed by atoms with E-state index in [1.54, 1.807) is 0 Å². The van der Waals surface area contributed by atoms with Crippen LogP contribution in [-0.4, -0.2) is 49.3 Å². The Bertz CT molecular complexity index is 605. The van der Waals surface area contributed by atoms with Crippen molar-refractivity contribution in [3.63, 3.8) is 0 Å². The molecular formula is C17H20O7. The van der Waals surface area contributed by atoms with Gasteiger partial charge in [-0.3, -0.25) is 0 Å². The quantitative estimate of drug-likeness (QED) is 0.782. The Labute approximate surface area is 139 Å². The lowest BCUT2D eigenvalue weighted by atomic mass is 9.96. The molecule has 7 nitrogen and oxygen atoms in total. The highest BCUT2D eigenvalue weighted by atomic mass is 16.9. The largest absolute Gasteiger partial charge is 0.508 e. The van der Waals surface area contributed by atoms with Crippen LogP contribution in [0, 0.1) is 0 Å². The van der Waals surface area contributed by atoms with Crippen LogP contribution >= 0.6 is 0 Å². The van der Waals surface area contributed by atoms with Gasteiger partial charge in [-0.2, -0.15) is 0 Å². The van der Waals surface area contributed by atoms with Crippen LogP contribution in [0.3, 0.4) is 0 Å². The number of carbonyl (C=O) groups excluding carboxylic acids is 1. The van der Waals surface area contributed by atoms with E-state index in [0.717, 1.165) is 5.56 Å². The standard InChI is InChI=1S/C17H20O7/c1-16(2)22-12-13(19-8-11-6-4-3-5-7-11)17(24-14(12)23-16)9-20-15(18)21-10-17/h3-7,12-14H,8-10H2,1-2H3. The minimum Gasteiger partial charge on any atom is -0.431 e. The molecule has 0 saturated carbocycles. The molecule has 7 heteroatoms. The van der Waals surface area contributed by atoms with Crippen LogP contribution in [0.4, 0.5) is 4.79 Å². The van der Waals surface area contributed by atoms with Gasteiger partial charge in [0.2, 0.25) is 0 Å². The molecule has 0 amide bonds. The minimum absolute atomic E-state index is 0.0471. The Kier molecular flexibility index (Phi) is 3.76. The topological polar surface area (TPSA) is 72.5 Å². The van der Waals surface area contributed by atoms with Crippen molar-refractivity contribution in [1.82, 2.24) is 0 Å². The molecule has 0 aromatic heterocycles. The highest BCUT2D eigenvalue weighted by Crippen LogP contribution is 2.45. The van der Waals surface area contributed by atoms with E-state index in [4.69, 9.17) is 28.4 Å². The Morgan fingerprint density at radius 1 is 1.08 bits per heavy atom. The molecule has 3 heterocycles. The third kappa shape index (κ3) is 2.77. The maximum Gasteiger partial charge on any atom is 0.508 e. The van der Waals surface area contributed by atoms with Gasteiger partial charge >= 0.3 is 6.16 Å². The lowest BCUT2D eigenvalue weighted by molar-refractivity contribution is -0.268. The average molecular weight is 336 g/mol. The molecule has 0 aliphatic carbocycles. The number of cyclic esters (lactones) is 2. The maximum atomic E-state index is 11.2. The van der Waals surface area contributed by atoms with Crippen LogP contribution in [0.25, 0.3) is 0 Å². The normalized spacial score (nSPS) is 33.1. The first kappa shape index (κ1) is 15.8. The number of hydrogen-bond donors (Lipinski definition) is 0. The van der Waals surface area contributed by atoms with Gasteiger partial charge in [-0.25, -0.2) is 4.79 Å². The highest BCUT2D eigenvalue weighted by Gasteiger charge is 2.64. The molecule has 1 spiro atoms. The van der Waals surface area contributed by atoms with Crippen molar-refractivity contribution in [2.75, 3.05) is 13.2 Å².